The zero-order chi connectivity index (χ0) is 20.9. The van der Waals surface area contributed by atoms with E-state index in [-0.39, 0.29) is 5.88 Å². The van der Waals surface area contributed by atoms with E-state index in [0.717, 1.165) is 27.6 Å². The van der Waals surface area contributed by atoms with Crippen LogP contribution in [0.15, 0.2) is 81.9 Å². The smallest absolute Gasteiger partial charge is 0.218 e. The number of carbonyl (C=O) groups excluding carboxylic acids is 1. The first-order valence-electron chi connectivity index (χ1n) is 9.09. The standard InChI is InChI=1S/C22H17ClN4O2S/c23-16-7-5-14(6-8-16)12-24-30-17-9-10-20-18(11-17)21(22(29)25-20)27-26-19-4-2-1-3-15(19)13-28/h1-11,13,24-25,29H,12H2. The van der Waals surface area contributed by atoms with Gasteiger partial charge in [0, 0.05) is 27.4 Å². The van der Waals surface area contributed by atoms with Gasteiger partial charge in [0.05, 0.1) is 11.2 Å². The molecule has 0 saturated carbocycles. The Balaban J connectivity index is 1.54. The van der Waals surface area contributed by atoms with Gasteiger partial charge in [-0.2, -0.15) is 0 Å². The highest BCUT2D eigenvalue weighted by Gasteiger charge is 2.12. The minimum atomic E-state index is -0.0754. The molecule has 3 N–H and O–H groups in total. The van der Waals surface area contributed by atoms with Gasteiger partial charge in [0.25, 0.3) is 0 Å². The molecular weight excluding hydrogens is 420 g/mol. The van der Waals surface area contributed by atoms with Crippen LogP contribution in [0.25, 0.3) is 10.9 Å². The summed E-state index contributed by atoms with van der Waals surface area (Å²) in [6.07, 6.45) is 0.727. The number of aromatic amines is 1. The highest BCUT2D eigenvalue weighted by molar-refractivity contribution is 7.97. The number of azo groups is 1. The topological polar surface area (TPSA) is 89.8 Å². The van der Waals surface area contributed by atoms with Crippen molar-refractivity contribution in [3.8, 4) is 5.88 Å². The molecule has 1 aromatic heterocycles. The Hall–Kier alpha value is -3.13. The molecule has 3 aromatic carbocycles. The van der Waals surface area contributed by atoms with E-state index in [0.29, 0.717) is 28.5 Å². The van der Waals surface area contributed by atoms with Gasteiger partial charge in [-0.15, -0.1) is 10.2 Å². The van der Waals surface area contributed by atoms with Gasteiger partial charge in [0.15, 0.2) is 12.0 Å². The van der Waals surface area contributed by atoms with Crippen LogP contribution >= 0.6 is 23.5 Å². The summed E-state index contributed by atoms with van der Waals surface area (Å²) in [5.41, 5.74) is 3.06. The van der Waals surface area contributed by atoms with Crippen LogP contribution in [0.5, 0.6) is 5.88 Å². The number of aromatic hydroxyl groups is 1. The third-order valence-electron chi connectivity index (χ3n) is 4.42. The van der Waals surface area contributed by atoms with Gasteiger partial charge < -0.3 is 10.1 Å². The average molecular weight is 437 g/mol. The molecule has 30 heavy (non-hydrogen) atoms. The fourth-order valence-corrected chi connectivity index (χ4v) is 3.74. The van der Waals surface area contributed by atoms with Crippen LogP contribution in [0.4, 0.5) is 11.4 Å². The number of aldehydes is 1. The minimum Gasteiger partial charge on any atom is -0.493 e. The van der Waals surface area contributed by atoms with E-state index in [1.54, 1.807) is 24.3 Å². The van der Waals surface area contributed by atoms with E-state index in [2.05, 4.69) is 19.9 Å². The monoisotopic (exact) mass is 436 g/mol. The van der Waals surface area contributed by atoms with Crippen molar-refractivity contribution in [2.45, 2.75) is 11.4 Å². The molecule has 150 valence electrons. The molecule has 0 aliphatic rings. The maximum absolute atomic E-state index is 11.2. The van der Waals surface area contributed by atoms with Crippen LogP contribution in [0.3, 0.4) is 0 Å². The number of hydrogen-bond donors (Lipinski definition) is 3. The van der Waals surface area contributed by atoms with Crippen molar-refractivity contribution in [1.82, 2.24) is 9.71 Å². The Morgan fingerprint density at radius 1 is 1.07 bits per heavy atom. The van der Waals surface area contributed by atoms with Crippen LogP contribution in [-0.2, 0) is 6.54 Å². The van der Waals surface area contributed by atoms with E-state index in [4.69, 9.17) is 11.6 Å². The lowest BCUT2D eigenvalue weighted by molar-refractivity contribution is 0.112. The van der Waals surface area contributed by atoms with Crippen molar-refractivity contribution >= 4 is 52.1 Å². The summed E-state index contributed by atoms with van der Waals surface area (Å²) in [4.78, 5) is 15.0. The number of hydrogen-bond acceptors (Lipinski definition) is 6. The zero-order valence-corrected chi connectivity index (χ0v) is 17.2. The van der Waals surface area contributed by atoms with Crippen LogP contribution in [0, 0.1) is 0 Å². The van der Waals surface area contributed by atoms with Crippen LogP contribution in [0.1, 0.15) is 15.9 Å². The molecule has 4 aromatic rings. The number of carbonyl (C=O) groups is 1. The van der Waals surface area contributed by atoms with Gasteiger partial charge in [0.1, 0.15) is 0 Å². The average Bonchev–Trinajstić information content (AvgIpc) is 3.08. The summed E-state index contributed by atoms with van der Waals surface area (Å²) in [5.74, 6) is -0.0754. The van der Waals surface area contributed by atoms with Crippen LogP contribution in [0.2, 0.25) is 5.02 Å². The Morgan fingerprint density at radius 2 is 1.87 bits per heavy atom. The molecule has 0 unspecified atom stereocenters. The van der Waals surface area contributed by atoms with Crippen molar-refractivity contribution in [3.63, 3.8) is 0 Å². The Bertz CT molecular complexity index is 1220. The van der Waals surface area contributed by atoms with E-state index < -0.39 is 0 Å². The molecule has 0 radical (unpaired) electrons. The SMILES string of the molecule is O=Cc1ccccc1N=Nc1c(O)[nH]c2ccc(SNCc3ccc(Cl)cc3)cc12. The second kappa shape index (κ2) is 9.13. The molecule has 0 fully saturated rings. The van der Waals surface area contributed by atoms with E-state index in [1.807, 2.05) is 42.5 Å². The molecule has 0 atom stereocenters. The number of H-pyrrole nitrogens is 1. The Kier molecular flexibility index (Phi) is 6.13. The number of fused-ring (bicyclic) bond motifs is 1. The number of benzene rings is 3. The molecule has 4 rings (SSSR count). The third kappa shape index (κ3) is 4.54. The number of nitrogens with one attached hydrogen (secondary N) is 2. The normalized spacial score (nSPS) is 11.4. The number of halogens is 1. The molecule has 8 heteroatoms. The summed E-state index contributed by atoms with van der Waals surface area (Å²) in [7, 11) is 0. The number of aromatic nitrogens is 1. The highest BCUT2D eigenvalue weighted by atomic mass is 35.5. The molecule has 0 spiro atoms. The molecular formula is C22H17ClN4O2S. The molecule has 0 aliphatic carbocycles. The van der Waals surface area contributed by atoms with E-state index >= 15 is 0 Å². The van der Waals surface area contributed by atoms with Crippen LogP contribution < -0.4 is 4.72 Å². The fraction of sp³-hybridized carbons (Fsp3) is 0.0455. The first-order chi connectivity index (χ1) is 14.6. The van der Waals surface area contributed by atoms with Crippen molar-refractivity contribution in [2.75, 3.05) is 0 Å². The van der Waals surface area contributed by atoms with Gasteiger partial charge in [-0.1, -0.05) is 35.9 Å². The Labute approximate surface area is 182 Å². The molecule has 0 aliphatic heterocycles. The lowest BCUT2D eigenvalue weighted by Crippen LogP contribution is -2.02. The predicted molar refractivity (Wildman–Crippen MR) is 120 cm³/mol. The molecule has 0 amide bonds. The van der Waals surface area contributed by atoms with E-state index in [1.165, 1.54) is 11.9 Å². The summed E-state index contributed by atoms with van der Waals surface area (Å²) < 4.78 is 3.31. The molecule has 1 heterocycles. The maximum atomic E-state index is 11.2. The number of rotatable bonds is 7. The van der Waals surface area contributed by atoms with Crippen LogP contribution in [-0.4, -0.2) is 16.4 Å². The third-order valence-corrected chi connectivity index (χ3v) is 5.45. The summed E-state index contributed by atoms with van der Waals surface area (Å²) in [6.45, 7) is 0.674. The quantitative estimate of drug-likeness (QED) is 0.174. The maximum Gasteiger partial charge on any atom is 0.218 e. The minimum absolute atomic E-state index is 0.0754. The second-order valence-electron chi connectivity index (χ2n) is 6.46. The molecule has 0 saturated heterocycles. The fourth-order valence-electron chi connectivity index (χ4n) is 2.89. The van der Waals surface area contributed by atoms with Crippen molar-refractivity contribution < 1.29 is 9.90 Å². The highest BCUT2D eigenvalue weighted by Crippen LogP contribution is 2.38. The van der Waals surface area contributed by atoms with Gasteiger partial charge in [-0.3, -0.25) is 9.52 Å². The summed E-state index contributed by atoms with van der Waals surface area (Å²) >= 11 is 7.39. The Morgan fingerprint density at radius 3 is 2.67 bits per heavy atom. The van der Waals surface area contributed by atoms with Gasteiger partial charge >= 0.3 is 0 Å². The summed E-state index contributed by atoms with van der Waals surface area (Å²) in [5, 5.41) is 20.1. The molecule has 0 bridgehead atoms. The van der Waals surface area contributed by atoms with Crippen molar-refractivity contribution in [1.29, 1.82) is 0 Å². The van der Waals surface area contributed by atoms with Crippen molar-refractivity contribution in [2.24, 2.45) is 10.2 Å². The first kappa shape index (κ1) is 20.2. The largest absolute Gasteiger partial charge is 0.493 e. The van der Waals surface area contributed by atoms with Crippen molar-refractivity contribution in [3.05, 3.63) is 82.9 Å². The lowest BCUT2D eigenvalue weighted by Gasteiger charge is -2.05. The number of nitrogens with zero attached hydrogens (tertiary/aromatic N) is 2. The molecule has 6 nitrogen and oxygen atoms in total. The summed E-state index contributed by atoms with van der Waals surface area (Å²) in [6, 6.07) is 20.3. The van der Waals surface area contributed by atoms with Gasteiger partial charge in [-0.25, -0.2) is 0 Å². The second-order valence-corrected chi connectivity index (χ2v) is 7.86. The van der Waals surface area contributed by atoms with Gasteiger partial charge in [-0.05, 0) is 60.0 Å². The van der Waals surface area contributed by atoms with E-state index in [9.17, 15) is 9.90 Å². The lowest BCUT2D eigenvalue weighted by atomic mass is 10.2. The van der Waals surface area contributed by atoms with Gasteiger partial charge in [0.2, 0.25) is 5.88 Å². The zero-order valence-electron chi connectivity index (χ0n) is 15.7. The first-order valence-corrected chi connectivity index (χ1v) is 10.3. The predicted octanol–water partition coefficient (Wildman–Crippen LogP) is 6.55.